The molecule has 0 spiro atoms. The maximum Gasteiger partial charge on any atom is 0.326 e. The first-order chi connectivity index (χ1) is 6.93. The molecule has 0 unspecified atom stereocenters. The van der Waals surface area contributed by atoms with Gasteiger partial charge < -0.3 is 4.90 Å². The van der Waals surface area contributed by atoms with Crippen LogP contribution in [-0.4, -0.2) is 46.0 Å². The molecule has 0 atom stereocenters. The first-order valence-electron chi connectivity index (χ1n) is 5.18. The van der Waals surface area contributed by atoms with Gasteiger partial charge in [-0.3, -0.25) is 9.89 Å². The monoisotopic (exact) mass is 229 g/mol. The number of amidine groups is 1. The Labute approximate surface area is 95.7 Å². The van der Waals surface area contributed by atoms with Gasteiger partial charge in [0.1, 0.15) is 0 Å². The standard InChI is InChI=1S/C10H19N3OS/c1-7(2)11-9-12(5)10(14)13(6-15-9)8(3)4/h7-8H,6H2,1-5H3. The molecule has 1 heterocycles. The highest BCUT2D eigenvalue weighted by molar-refractivity contribution is 8.13. The maximum absolute atomic E-state index is 11.9. The van der Waals surface area contributed by atoms with Crippen LogP contribution < -0.4 is 0 Å². The smallest absolute Gasteiger partial charge is 0.312 e. The van der Waals surface area contributed by atoms with E-state index in [2.05, 4.69) is 4.99 Å². The lowest BCUT2D eigenvalue weighted by Gasteiger charge is -2.36. The number of hydrogen-bond acceptors (Lipinski definition) is 3. The Bertz CT molecular complexity index is 276. The minimum atomic E-state index is 0.0446. The zero-order valence-electron chi connectivity index (χ0n) is 10.0. The molecule has 1 aliphatic heterocycles. The lowest BCUT2D eigenvalue weighted by Crippen LogP contribution is -2.50. The van der Waals surface area contributed by atoms with Gasteiger partial charge in [0.2, 0.25) is 0 Å². The summed E-state index contributed by atoms with van der Waals surface area (Å²) in [7, 11) is 1.78. The van der Waals surface area contributed by atoms with Gasteiger partial charge in [-0.25, -0.2) is 4.79 Å². The van der Waals surface area contributed by atoms with E-state index in [1.165, 1.54) is 0 Å². The number of carbonyl (C=O) groups is 1. The molecular weight excluding hydrogens is 210 g/mol. The highest BCUT2D eigenvalue weighted by Gasteiger charge is 2.29. The van der Waals surface area contributed by atoms with Gasteiger partial charge in [-0.1, -0.05) is 11.8 Å². The lowest BCUT2D eigenvalue weighted by molar-refractivity contribution is 0.176. The van der Waals surface area contributed by atoms with Crippen LogP contribution >= 0.6 is 11.8 Å². The van der Waals surface area contributed by atoms with Crippen LogP contribution in [0.2, 0.25) is 0 Å². The van der Waals surface area contributed by atoms with E-state index in [-0.39, 0.29) is 18.1 Å². The SMILES string of the molecule is CC(C)N=C1SCN(C(C)C)C(=O)N1C. The van der Waals surface area contributed by atoms with Crippen LogP contribution in [0, 0.1) is 0 Å². The van der Waals surface area contributed by atoms with Crippen molar-refractivity contribution in [2.24, 2.45) is 4.99 Å². The van der Waals surface area contributed by atoms with Crippen molar-refractivity contribution in [1.82, 2.24) is 9.80 Å². The zero-order chi connectivity index (χ0) is 11.6. The van der Waals surface area contributed by atoms with Gasteiger partial charge in [0.25, 0.3) is 0 Å². The van der Waals surface area contributed by atoms with Crippen molar-refractivity contribution in [3.8, 4) is 0 Å². The lowest BCUT2D eigenvalue weighted by atomic mass is 10.3. The second-order valence-corrected chi connectivity index (χ2v) is 5.10. The zero-order valence-corrected chi connectivity index (χ0v) is 10.8. The molecule has 0 N–H and O–H groups in total. The molecule has 5 heteroatoms. The molecule has 0 aromatic carbocycles. The van der Waals surface area contributed by atoms with E-state index < -0.39 is 0 Å². The van der Waals surface area contributed by atoms with Gasteiger partial charge in [-0.2, -0.15) is 0 Å². The molecule has 15 heavy (non-hydrogen) atoms. The predicted octanol–water partition coefficient (Wildman–Crippen LogP) is 2.22. The van der Waals surface area contributed by atoms with E-state index >= 15 is 0 Å². The van der Waals surface area contributed by atoms with Crippen LogP contribution in [0.1, 0.15) is 27.7 Å². The third-order valence-corrected chi connectivity index (χ3v) is 3.19. The van der Waals surface area contributed by atoms with Crippen molar-refractivity contribution in [3.05, 3.63) is 0 Å². The van der Waals surface area contributed by atoms with Crippen LogP contribution in [0.15, 0.2) is 4.99 Å². The fourth-order valence-electron chi connectivity index (χ4n) is 1.27. The van der Waals surface area contributed by atoms with Gasteiger partial charge in [0, 0.05) is 19.1 Å². The van der Waals surface area contributed by atoms with Gasteiger partial charge >= 0.3 is 6.03 Å². The van der Waals surface area contributed by atoms with Gasteiger partial charge in [-0.05, 0) is 27.7 Å². The molecule has 1 rings (SSSR count). The Hall–Kier alpha value is -0.710. The van der Waals surface area contributed by atoms with Gasteiger partial charge in [0.05, 0.1) is 5.88 Å². The molecule has 1 fully saturated rings. The largest absolute Gasteiger partial charge is 0.326 e. The molecule has 0 aromatic heterocycles. The molecule has 1 saturated heterocycles. The minimum Gasteiger partial charge on any atom is -0.312 e. The Morgan fingerprint density at radius 3 is 2.40 bits per heavy atom. The average molecular weight is 229 g/mol. The predicted molar refractivity (Wildman–Crippen MR) is 65.2 cm³/mol. The first kappa shape index (κ1) is 12.4. The third-order valence-electron chi connectivity index (χ3n) is 2.14. The number of urea groups is 1. The van der Waals surface area contributed by atoms with Gasteiger partial charge in [0.15, 0.2) is 5.17 Å². The summed E-state index contributed by atoms with van der Waals surface area (Å²) in [4.78, 5) is 19.8. The van der Waals surface area contributed by atoms with E-state index in [1.807, 2.05) is 32.6 Å². The van der Waals surface area contributed by atoms with Gasteiger partial charge in [-0.15, -0.1) is 0 Å². The summed E-state index contributed by atoms with van der Waals surface area (Å²) < 4.78 is 0. The van der Waals surface area contributed by atoms with Crippen molar-refractivity contribution in [2.75, 3.05) is 12.9 Å². The number of amides is 2. The van der Waals surface area contributed by atoms with Crippen molar-refractivity contribution in [3.63, 3.8) is 0 Å². The minimum absolute atomic E-state index is 0.0446. The summed E-state index contributed by atoms with van der Waals surface area (Å²) in [5.41, 5.74) is 0. The average Bonchev–Trinajstić information content (AvgIpc) is 2.12. The number of nitrogens with zero attached hydrogens (tertiary/aromatic N) is 3. The molecule has 1 aliphatic rings. The molecule has 0 aromatic rings. The Morgan fingerprint density at radius 2 is 1.93 bits per heavy atom. The van der Waals surface area contributed by atoms with Crippen molar-refractivity contribution < 1.29 is 4.79 Å². The summed E-state index contributed by atoms with van der Waals surface area (Å²) in [5, 5.41) is 0.826. The fraction of sp³-hybridized carbons (Fsp3) is 0.800. The van der Waals surface area contributed by atoms with E-state index in [0.717, 1.165) is 5.17 Å². The van der Waals surface area contributed by atoms with Crippen LogP contribution in [0.3, 0.4) is 0 Å². The van der Waals surface area contributed by atoms with E-state index in [1.54, 1.807) is 23.7 Å². The van der Waals surface area contributed by atoms with E-state index in [4.69, 9.17) is 0 Å². The summed E-state index contributed by atoms with van der Waals surface area (Å²) >= 11 is 1.62. The summed E-state index contributed by atoms with van der Waals surface area (Å²) in [6.07, 6.45) is 0. The molecular formula is C10H19N3OS. The molecule has 0 radical (unpaired) electrons. The molecule has 0 aliphatic carbocycles. The highest BCUT2D eigenvalue weighted by atomic mass is 32.2. The van der Waals surface area contributed by atoms with Crippen molar-refractivity contribution in [1.29, 1.82) is 0 Å². The fourth-order valence-corrected chi connectivity index (χ4v) is 2.49. The molecule has 0 bridgehead atoms. The summed E-state index contributed by atoms with van der Waals surface area (Å²) in [6, 6.07) is 0.518. The number of rotatable bonds is 2. The molecule has 86 valence electrons. The second-order valence-electron chi connectivity index (χ2n) is 4.18. The van der Waals surface area contributed by atoms with Crippen LogP contribution in [0.25, 0.3) is 0 Å². The molecule has 2 amide bonds. The van der Waals surface area contributed by atoms with E-state index in [0.29, 0.717) is 5.88 Å². The van der Waals surface area contributed by atoms with Crippen LogP contribution in [0.4, 0.5) is 4.79 Å². The van der Waals surface area contributed by atoms with E-state index in [9.17, 15) is 4.79 Å². The number of aliphatic imine (C=N–C) groups is 1. The molecule has 4 nitrogen and oxygen atoms in total. The Kier molecular flexibility index (Phi) is 4.02. The normalized spacial score (nSPS) is 21.0. The van der Waals surface area contributed by atoms with Crippen molar-refractivity contribution >= 4 is 23.0 Å². The molecule has 0 saturated carbocycles. The Balaban J connectivity index is 2.77. The Morgan fingerprint density at radius 1 is 1.33 bits per heavy atom. The topological polar surface area (TPSA) is 35.9 Å². The highest BCUT2D eigenvalue weighted by Crippen LogP contribution is 2.21. The quantitative estimate of drug-likeness (QED) is 0.728. The van der Waals surface area contributed by atoms with Crippen LogP contribution in [-0.2, 0) is 0 Å². The van der Waals surface area contributed by atoms with Crippen LogP contribution in [0.5, 0.6) is 0 Å². The van der Waals surface area contributed by atoms with Crippen molar-refractivity contribution in [2.45, 2.75) is 39.8 Å². The third kappa shape index (κ3) is 2.87. The maximum atomic E-state index is 11.9. The second kappa shape index (κ2) is 4.88. The number of carbonyl (C=O) groups excluding carboxylic acids is 1. The number of thioether (sulfide) groups is 1. The first-order valence-corrected chi connectivity index (χ1v) is 6.17. The summed E-state index contributed by atoms with van der Waals surface area (Å²) in [5.74, 6) is 0.701. The number of hydrogen-bond donors (Lipinski definition) is 0. The summed E-state index contributed by atoms with van der Waals surface area (Å²) in [6.45, 7) is 8.08.